The maximum atomic E-state index is 13.4. The monoisotopic (exact) mass is 421 g/mol. The minimum atomic E-state index is -5.17. The highest BCUT2D eigenvalue weighted by Crippen LogP contribution is 2.40. The van der Waals surface area contributed by atoms with Crippen molar-refractivity contribution in [2.24, 2.45) is 5.92 Å². The molecule has 0 saturated heterocycles. The molecule has 0 N–H and O–H groups in total. The minimum absolute atomic E-state index is 0.222. The average Bonchev–Trinajstić information content (AvgIpc) is 2.50. The molecule has 1 aromatic heterocycles. The van der Waals surface area contributed by atoms with Crippen molar-refractivity contribution in [1.82, 2.24) is 4.98 Å². The van der Waals surface area contributed by atoms with Gasteiger partial charge in [-0.2, -0.15) is 13.2 Å². The van der Waals surface area contributed by atoms with Gasteiger partial charge in [-0.25, -0.2) is 18.6 Å². The Balaban J connectivity index is 4.10. The molecule has 0 amide bonds. The van der Waals surface area contributed by atoms with Crippen LogP contribution in [0.2, 0.25) is 0 Å². The number of nitrogens with zero attached hydrogens (tertiary/aromatic N) is 1. The Hall–Kier alpha value is -1.29. The third-order valence-electron chi connectivity index (χ3n) is 3.25. The van der Waals surface area contributed by atoms with Gasteiger partial charge in [0.1, 0.15) is 10.4 Å². The number of hydrogen-bond donors (Lipinski definition) is 0. The number of aromatic nitrogens is 1. The SMILES string of the molecule is COC(=O)c1c(C(F)F)nc(C(F)(F)F)c(S(=O)C(C)Cl)c1CC(C)C. The summed E-state index contributed by atoms with van der Waals surface area (Å²) in [6.07, 6.45) is -8.85. The zero-order valence-electron chi connectivity index (χ0n) is 14.3. The first kappa shape index (κ1) is 22.8. The van der Waals surface area contributed by atoms with E-state index in [-0.39, 0.29) is 12.3 Å². The molecule has 0 aliphatic carbocycles. The van der Waals surface area contributed by atoms with Gasteiger partial charge in [0.25, 0.3) is 6.43 Å². The molecule has 26 heavy (non-hydrogen) atoms. The van der Waals surface area contributed by atoms with Crippen LogP contribution >= 0.6 is 11.6 Å². The molecule has 1 heterocycles. The second kappa shape index (κ2) is 8.60. The number of esters is 1. The lowest BCUT2D eigenvalue weighted by Gasteiger charge is -2.22. The summed E-state index contributed by atoms with van der Waals surface area (Å²) in [5.41, 5.74) is -4.33. The van der Waals surface area contributed by atoms with Gasteiger partial charge in [0.2, 0.25) is 0 Å². The van der Waals surface area contributed by atoms with E-state index in [2.05, 4.69) is 9.72 Å². The normalized spacial score (nSPS) is 14.6. The lowest BCUT2D eigenvalue weighted by atomic mass is 9.96. The Morgan fingerprint density at radius 2 is 1.81 bits per heavy atom. The van der Waals surface area contributed by atoms with E-state index in [1.54, 1.807) is 13.8 Å². The van der Waals surface area contributed by atoms with Gasteiger partial charge in [0.05, 0.1) is 28.4 Å². The molecule has 4 nitrogen and oxygen atoms in total. The number of alkyl halides is 6. The molecule has 0 spiro atoms. The first-order valence-corrected chi connectivity index (χ1v) is 9.02. The summed E-state index contributed by atoms with van der Waals surface area (Å²) in [6.45, 7) is 4.40. The van der Waals surface area contributed by atoms with Crippen molar-refractivity contribution in [1.29, 1.82) is 0 Å². The molecule has 148 valence electrons. The van der Waals surface area contributed by atoms with Gasteiger partial charge in [-0.1, -0.05) is 13.8 Å². The van der Waals surface area contributed by atoms with Crippen LogP contribution in [0.5, 0.6) is 0 Å². The summed E-state index contributed by atoms with van der Waals surface area (Å²) in [5.74, 6) is -1.62. The number of pyridine rings is 1. The minimum Gasteiger partial charge on any atom is -0.465 e. The second-order valence-corrected chi connectivity index (χ2v) is 8.38. The first-order chi connectivity index (χ1) is 11.8. The van der Waals surface area contributed by atoms with Crippen LogP contribution in [-0.4, -0.2) is 27.0 Å². The Morgan fingerprint density at radius 3 is 2.15 bits per heavy atom. The molecule has 0 aliphatic heterocycles. The maximum absolute atomic E-state index is 13.4. The van der Waals surface area contributed by atoms with Crippen LogP contribution in [0.25, 0.3) is 0 Å². The highest BCUT2D eigenvalue weighted by atomic mass is 35.5. The number of rotatable bonds is 6. The summed E-state index contributed by atoms with van der Waals surface area (Å²) in [6, 6.07) is 0. The first-order valence-electron chi connectivity index (χ1n) is 7.37. The van der Waals surface area contributed by atoms with Crippen LogP contribution in [0.4, 0.5) is 22.0 Å². The van der Waals surface area contributed by atoms with Crippen molar-refractivity contribution < 1.29 is 35.7 Å². The number of halogens is 6. The molecule has 0 bridgehead atoms. The summed E-state index contributed by atoms with van der Waals surface area (Å²) in [7, 11) is -1.54. The average molecular weight is 422 g/mol. The van der Waals surface area contributed by atoms with E-state index in [0.717, 1.165) is 7.11 Å². The van der Waals surface area contributed by atoms with Gasteiger partial charge in [0, 0.05) is 0 Å². The van der Waals surface area contributed by atoms with Crippen LogP contribution in [0.15, 0.2) is 4.90 Å². The summed E-state index contributed by atoms with van der Waals surface area (Å²) in [5, 5.41) is 0. The molecule has 0 saturated carbocycles. The molecular weight excluding hydrogens is 405 g/mol. The van der Waals surface area contributed by atoms with Crippen LogP contribution < -0.4 is 0 Å². The molecule has 0 radical (unpaired) electrons. The molecule has 0 aliphatic rings. The molecule has 1 rings (SSSR count). The molecule has 0 aromatic carbocycles. The highest BCUT2D eigenvalue weighted by molar-refractivity contribution is 7.87. The number of ether oxygens (including phenoxy) is 1. The van der Waals surface area contributed by atoms with Crippen LogP contribution in [0.1, 0.15) is 54.5 Å². The fourth-order valence-corrected chi connectivity index (χ4v) is 3.67. The van der Waals surface area contributed by atoms with Crippen LogP contribution in [-0.2, 0) is 28.1 Å². The van der Waals surface area contributed by atoms with Gasteiger partial charge < -0.3 is 4.74 Å². The second-order valence-electron chi connectivity index (χ2n) is 5.76. The van der Waals surface area contributed by atoms with Crippen molar-refractivity contribution >= 4 is 28.4 Å². The van der Waals surface area contributed by atoms with Crippen molar-refractivity contribution in [2.45, 2.75) is 49.4 Å². The van der Waals surface area contributed by atoms with E-state index < -0.39 is 61.5 Å². The molecule has 11 heteroatoms. The van der Waals surface area contributed by atoms with Crippen LogP contribution in [0.3, 0.4) is 0 Å². The fourth-order valence-electron chi connectivity index (χ4n) is 2.30. The molecule has 0 fully saturated rings. The van der Waals surface area contributed by atoms with E-state index in [1.165, 1.54) is 6.92 Å². The van der Waals surface area contributed by atoms with Crippen molar-refractivity contribution in [3.8, 4) is 0 Å². The summed E-state index contributed by atoms with van der Waals surface area (Å²) >= 11 is 5.70. The third kappa shape index (κ3) is 4.91. The number of carbonyl (C=O) groups is 1. The van der Waals surface area contributed by atoms with Gasteiger partial charge in [-0.3, -0.25) is 4.21 Å². The zero-order chi connectivity index (χ0) is 20.4. The maximum Gasteiger partial charge on any atom is 0.434 e. The van der Waals surface area contributed by atoms with Crippen LogP contribution in [0, 0.1) is 5.92 Å². The molecule has 2 unspecified atom stereocenters. The Bertz CT molecular complexity index is 708. The largest absolute Gasteiger partial charge is 0.465 e. The Kier molecular flexibility index (Phi) is 7.52. The Labute approximate surface area is 154 Å². The lowest BCUT2D eigenvalue weighted by Crippen LogP contribution is -2.24. The molecular formula is C15H17ClF5NO3S. The van der Waals surface area contributed by atoms with Gasteiger partial charge >= 0.3 is 12.1 Å². The van der Waals surface area contributed by atoms with E-state index >= 15 is 0 Å². The third-order valence-corrected chi connectivity index (χ3v) is 5.17. The van der Waals surface area contributed by atoms with Gasteiger partial charge in [-0.15, -0.1) is 11.6 Å². The fraction of sp³-hybridized carbons (Fsp3) is 0.600. The number of hydrogen-bond acceptors (Lipinski definition) is 4. The van der Waals surface area contributed by atoms with Gasteiger partial charge in [0.15, 0.2) is 5.69 Å². The van der Waals surface area contributed by atoms with Crippen molar-refractivity contribution in [3.05, 3.63) is 22.5 Å². The molecule has 2 atom stereocenters. The topological polar surface area (TPSA) is 56.3 Å². The smallest absolute Gasteiger partial charge is 0.434 e. The predicted molar refractivity (Wildman–Crippen MR) is 85.8 cm³/mol. The summed E-state index contributed by atoms with van der Waals surface area (Å²) in [4.78, 5) is 14.1. The van der Waals surface area contributed by atoms with E-state index in [4.69, 9.17) is 11.6 Å². The Morgan fingerprint density at radius 1 is 1.27 bits per heavy atom. The van der Waals surface area contributed by atoms with E-state index in [0.29, 0.717) is 0 Å². The highest BCUT2D eigenvalue weighted by Gasteiger charge is 2.43. The lowest BCUT2D eigenvalue weighted by molar-refractivity contribution is -0.144. The van der Waals surface area contributed by atoms with E-state index in [9.17, 15) is 31.0 Å². The molecule has 1 aromatic rings. The van der Waals surface area contributed by atoms with Crippen molar-refractivity contribution in [3.63, 3.8) is 0 Å². The zero-order valence-corrected chi connectivity index (χ0v) is 15.9. The quantitative estimate of drug-likeness (QED) is 0.379. The standard InChI is InChI=1S/C15H17ClF5NO3S/c1-6(2)5-8-9(14(23)25-4)10(13(17)18)22-12(15(19,20)21)11(8)26(24)7(3)16/h6-7,13H,5H2,1-4H3. The summed E-state index contributed by atoms with van der Waals surface area (Å²) < 4.78 is 82.7. The van der Waals surface area contributed by atoms with Crippen molar-refractivity contribution in [2.75, 3.05) is 7.11 Å². The van der Waals surface area contributed by atoms with E-state index in [1.807, 2.05) is 0 Å². The predicted octanol–water partition coefficient (Wildman–Crippen LogP) is 4.72. The number of carbonyl (C=O) groups excluding carboxylic acids is 1. The van der Waals surface area contributed by atoms with Gasteiger partial charge in [-0.05, 0) is 24.8 Å². The number of methoxy groups -OCH3 is 1.